The van der Waals surface area contributed by atoms with Crippen LogP contribution in [0, 0.1) is 0 Å². The van der Waals surface area contributed by atoms with Gasteiger partial charge in [-0.25, -0.2) is 0 Å². The van der Waals surface area contributed by atoms with Crippen LogP contribution in [0.5, 0.6) is 11.5 Å². The minimum Gasteiger partial charge on any atom is -0.493 e. The van der Waals surface area contributed by atoms with Crippen LogP contribution in [0.15, 0.2) is 50.0 Å². The maximum absolute atomic E-state index is 5.71. The predicted molar refractivity (Wildman–Crippen MR) is 109 cm³/mol. The highest BCUT2D eigenvalue weighted by Gasteiger charge is 2.18. The lowest BCUT2D eigenvalue weighted by Gasteiger charge is -2.16. The minimum atomic E-state index is 0.352. The van der Waals surface area contributed by atoms with Crippen molar-refractivity contribution in [1.82, 2.24) is 25.2 Å². The van der Waals surface area contributed by atoms with E-state index in [2.05, 4.69) is 32.2 Å². The van der Waals surface area contributed by atoms with Gasteiger partial charge in [-0.3, -0.25) is 4.90 Å². The molecule has 3 heterocycles. The van der Waals surface area contributed by atoms with Crippen molar-refractivity contribution in [2.45, 2.75) is 26.4 Å². The molecule has 10 heteroatoms. The third kappa shape index (κ3) is 4.75. The van der Waals surface area contributed by atoms with E-state index in [9.17, 15) is 0 Å². The topological polar surface area (TPSA) is 113 Å². The predicted octanol–water partition coefficient (Wildman–Crippen LogP) is 3.81. The zero-order valence-corrected chi connectivity index (χ0v) is 17.6. The van der Waals surface area contributed by atoms with Gasteiger partial charge >= 0.3 is 0 Å². The van der Waals surface area contributed by atoms with E-state index < -0.39 is 0 Å². The van der Waals surface area contributed by atoms with Gasteiger partial charge in [-0.15, -0.1) is 10.2 Å². The summed E-state index contributed by atoms with van der Waals surface area (Å²) >= 11 is 0. The smallest absolute Gasteiger partial charge is 0.283 e. The van der Waals surface area contributed by atoms with Crippen molar-refractivity contribution in [1.29, 1.82) is 0 Å². The molecule has 162 valence electrons. The number of rotatable bonds is 10. The summed E-state index contributed by atoms with van der Waals surface area (Å²) in [6.45, 7) is 3.80. The summed E-state index contributed by atoms with van der Waals surface area (Å²) in [5, 5.41) is 12.3. The summed E-state index contributed by atoms with van der Waals surface area (Å²) in [6, 6.07) is 9.02. The van der Waals surface area contributed by atoms with E-state index in [4.69, 9.17) is 22.8 Å². The monoisotopic (exact) mass is 425 g/mol. The van der Waals surface area contributed by atoms with Crippen molar-refractivity contribution >= 4 is 0 Å². The molecule has 3 aromatic heterocycles. The Balaban J connectivity index is 1.46. The molecule has 4 rings (SSSR count). The van der Waals surface area contributed by atoms with Crippen LogP contribution in [0.1, 0.15) is 25.1 Å². The Morgan fingerprint density at radius 2 is 1.84 bits per heavy atom. The quantitative estimate of drug-likeness (QED) is 0.372. The summed E-state index contributed by atoms with van der Waals surface area (Å²) in [4.78, 5) is 6.63. The molecule has 1 aromatic carbocycles. The standard InChI is InChI=1S/C21H23N5O5/c1-4-9-26(13-19-23-24-21(30-19)16-6-5-10-29-16)12-18-22-20(25-31-18)14-7-8-15(27-2)17(11-14)28-3/h5-8,10-11H,4,9,12-13H2,1-3H3. The van der Waals surface area contributed by atoms with Gasteiger partial charge in [0.25, 0.3) is 5.89 Å². The number of methoxy groups -OCH3 is 2. The lowest BCUT2D eigenvalue weighted by Crippen LogP contribution is -2.24. The molecule has 31 heavy (non-hydrogen) atoms. The molecule has 0 aliphatic rings. The maximum atomic E-state index is 5.71. The van der Waals surface area contributed by atoms with E-state index in [-0.39, 0.29) is 0 Å². The highest BCUT2D eigenvalue weighted by molar-refractivity contribution is 5.60. The van der Waals surface area contributed by atoms with Crippen molar-refractivity contribution in [3.05, 3.63) is 48.4 Å². The van der Waals surface area contributed by atoms with E-state index in [1.165, 1.54) is 0 Å². The molecule has 0 amide bonds. The molecule has 0 saturated heterocycles. The number of hydrogen-bond donors (Lipinski definition) is 0. The molecule has 0 bridgehead atoms. The molecule has 0 saturated carbocycles. The second-order valence-electron chi connectivity index (χ2n) is 6.77. The first-order valence-corrected chi connectivity index (χ1v) is 9.83. The van der Waals surface area contributed by atoms with Crippen LogP contribution in [-0.2, 0) is 13.1 Å². The van der Waals surface area contributed by atoms with Gasteiger partial charge in [0.1, 0.15) is 0 Å². The Morgan fingerprint density at radius 3 is 2.58 bits per heavy atom. The number of nitrogens with zero attached hydrogens (tertiary/aromatic N) is 5. The molecule has 10 nitrogen and oxygen atoms in total. The maximum Gasteiger partial charge on any atom is 0.283 e. The summed E-state index contributed by atoms with van der Waals surface area (Å²) in [6.07, 6.45) is 2.50. The lowest BCUT2D eigenvalue weighted by molar-refractivity contribution is 0.201. The van der Waals surface area contributed by atoms with Gasteiger partial charge in [-0.05, 0) is 43.3 Å². The SMILES string of the molecule is CCCN(Cc1nc(-c2ccc(OC)c(OC)c2)no1)Cc1nnc(-c2ccco2)o1. The highest BCUT2D eigenvalue weighted by Crippen LogP contribution is 2.31. The Kier molecular flexibility index (Phi) is 6.27. The van der Waals surface area contributed by atoms with Crippen LogP contribution in [0.25, 0.3) is 23.0 Å². The second-order valence-corrected chi connectivity index (χ2v) is 6.77. The number of furan rings is 1. The fourth-order valence-electron chi connectivity index (χ4n) is 3.14. The molecule has 0 spiro atoms. The average Bonchev–Trinajstić information content (AvgIpc) is 3.55. The first-order chi connectivity index (χ1) is 15.2. The number of hydrogen-bond acceptors (Lipinski definition) is 10. The number of ether oxygens (including phenoxy) is 2. The third-order valence-electron chi connectivity index (χ3n) is 4.57. The lowest BCUT2D eigenvalue weighted by atomic mass is 10.2. The van der Waals surface area contributed by atoms with Crippen LogP contribution in [0.2, 0.25) is 0 Å². The fraction of sp³-hybridized carbons (Fsp3) is 0.333. The van der Waals surface area contributed by atoms with Crippen LogP contribution < -0.4 is 9.47 Å². The van der Waals surface area contributed by atoms with Gasteiger partial charge in [0.05, 0.1) is 33.6 Å². The first-order valence-electron chi connectivity index (χ1n) is 9.83. The van der Waals surface area contributed by atoms with Gasteiger partial charge < -0.3 is 22.8 Å². The Hall–Kier alpha value is -3.66. The van der Waals surface area contributed by atoms with E-state index in [1.807, 2.05) is 12.1 Å². The molecule has 4 aromatic rings. The molecule has 0 N–H and O–H groups in total. The first kappa shape index (κ1) is 20.6. The Labute approximate surface area is 178 Å². The highest BCUT2D eigenvalue weighted by atomic mass is 16.5. The third-order valence-corrected chi connectivity index (χ3v) is 4.57. The summed E-state index contributed by atoms with van der Waals surface area (Å²) < 4.78 is 27.1. The van der Waals surface area contributed by atoms with Crippen LogP contribution in [0.4, 0.5) is 0 Å². The van der Waals surface area contributed by atoms with Crippen LogP contribution in [-0.4, -0.2) is 46.0 Å². The van der Waals surface area contributed by atoms with E-state index in [0.717, 1.165) is 18.5 Å². The van der Waals surface area contributed by atoms with Crippen molar-refractivity contribution in [2.24, 2.45) is 0 Å². The van der Waals surface area contributed by atoms with Gasteiger partial charge in [-0.2, -0.15) is 4.98 Å². The summed E-state index contributed by atoms with van der Waals surface area (Å²) in [7, 11) is 3.17. The number of benzene rings is 1. The molecule has 0 aliphatic heterocycles. The molecular weight excluding hydrogens is 402 g/mol. The molecule has 0 fully saturated rings. The molecular formula is C21H23N5O5. The molecule has 0 aliphatic carbocycles. The Morgan fingerprint density at radius 1 is 1.00 bits per heavy atom. The zero-order valence-electron chi connectivity index (χ0n) is 17.6. The van der Waals surface area contributed by atoms with E-state index in [1.54, 1.807) is 38.7 Å². The zero-order chi connectivity index (χ0) is 21.6. The van der Waals surface area contributed by atoms with Gasteiger partial charge in [0.2, 0.25) is 17.6 Å². The van der Waals surface area contributed by atoms with E-state index >= 15 is 0 Å². The molecule has 0 radical (unpaired) electrons. The minimum absolute atomic E-state index is 0.352. The summed E-state index contributed by atoms with van der Waals surface area (Å²) in [5.41, 5.74) is 0.773. The number of aromatic nitrogens is 4. The van der Waals surface area contributed by atoms with E-state index in [0.29, 0.717) is 53.8 Å². The van der Waals surface area contributed by atoms with Crippen molar-refractivity contribution < 1.29 is 22.8 Å². The second kappa shape index (κ2) is 9.43. The van der Waals surface area contributed by atoms with Crippen LogP contribution in [0.3, 0.4) is 0 Å². The van der Waals surface area contributed by atoms with Crippen molar-refractivity contribution in [2.75, 3.05) is 20.8 Å². The van der Waals surface area contributed by atoms with Crippen molar-refractivity contribution in [3.63, 3.8) is 0 Å². The summed E-state index contributed by atoms with van der Waals surface area (Å²) in [5.74, 6) is 3.58. The average molecular weight is 425 g/mol. The van der Waals surface area contributed by atoms with Crippen LogP contribution >= 0.6 is 0 Å². The molecule has 0 atom stereocenters. The normalized spacial score (nSPS) is 11.2. The fourth-order valence-corrected chi connectivity index (χ4v) is 3.14. The molecule has 0 unspecified atom stereocenters. The van der Waals surface area contributed by atoms with Gasteiger partial charge in [-0.1, -0.05) is 12.1 Å². The van der Waals surface area contributed by atoms with Gasteiger partial charge in [0, 0.05) is 5.56 Å². The Bertz CT molecular complexity index is 1110. The largest absolute Gasteiger partial charge is 0.493 e. The van der Waals surface area contributed by atoms with Gasteiger partial charge in [0.15, 0.2) is 17.3 Å². The van der Waals surface area contributed by atoms with Crippen molar-refractivity contribution in [3.8, 4) is 34.5 Å².